The van der Waals surface area contributed by atoms with E-state index in [1.54, 1.807) is 0 Å². The molecule has 1 saturated carbocycles. The number of rotatable bonds is 3. The maximum Gasteiger partial charge on any atom is 0.255 e. The molecular formula is C18H26N4O2. The van der Waals surface area contributed by atoms with E-state index >= 15 is 0 Å². The van der Waals surface area contributed by atoms with E-state index in [1.165, 1.54) is 0 Å². The first-order valence-electron chi connectivity index (χ1n) is 9.21. The Kier molecular flexibility index (Phi) is 3.95. The largest absolute Gasteiger partial charge is 0.332 e. The quantitative estimate of drug-likeness (QED) is 0.914. The number of carbonyl (C=O) groups is 1. The molecule has 1 saturated heterocycles. The van der Waals surface area contributed by atoms with Crippen molar-refractivity contribution in [3.8, 4) is 0 Å². The number of fused-ring (bicyclic) bond motifs is 1. The number of H-pyrrole nitrogens is 1. The zero-order valence-corrected chi connectivity index (χ0v) is 14.5. The molecule has 1 N–H and O–H groups in total. The van der Waals surface area contributed by atoms with Gasteiger partial charge in [0.25, 0.3) is 5.56 Å². The Morgan fingerprint density at radius 1 is 1.25 bits per heavy atom. The third-order valence-electron chi connectivity index (χ3n) is 5.62. The van der Waals surface area contributed by atoms with Crippen molar-refractivity contribution in [2.45, 2.75) is 64.6 Å². The second-order valence-corrected chi connectivity index (χ2v) is 7.65. The number of amides is 1. The van der Waals surface area contributed by atoms with Gasteiger partial charge in [0, 0.05) is 38.0 Å². The number of hydrogen-bond acceptors (Lipinski definition) is 4. The van der Waals surface area contributed by atoms with Crippen molar-refractivity contribution in [1.29, 1.82) is 0 Å². The van der Waals surface area contributed by atoms with E-state index in [2.05, 4.69) is 23.7 Å². The van der Waals surface area contributed by atoms with Crippen LogP contribution < -0.4 is 5.56 Å². The van der Waals surface area contributed by atoms with Crippen LogP contribution in [-0.2, 0) is 17.8 Å². The summed E-state index contributed by atoms with van der Waals surface area (Å²) in [7, 11) is 0. The highest BCUT2D eigenvalue weighted by Gasteiger charge is 2.40. The minimum absolute atomic E-state index is 0.0222. The minimum atomic E-state index is -0.0424. The molecule has 1 aromatic rings. The number of hydrogen-bond donors (Lipinski definition) is 1. The molecule has 0 spiro atoms. The first-order chi connectivity index (χ1) is 11.5. The number of nitrogens with one attached hydrogen (secondary N) is 1. The van der Waals surface area contributed by atoms with Crippen LogP contribution in [0.4, 0.5) is 0 Å². The fourth-order valence-electron chi connectivity index (χ4n) is 3.94. The SMILES string of the molecule is CC(C)N1CCc2nc([C@H]3CCCN3C(=O)C3CC3)[nH]c(=O)c2C1. The fraction of sp³-hybridized carbons (Fsp3) is 0.722. The summed E-state index contributed by atoms with van der Waals surface area (Å²) in [5.74, 6) is 1.17. The summed E-state index contributed by atoms with van der Waals surface area (Å²) in [6, 6.07) is 0.387. The molecular weight excluding hydrogens is 304 g/mol. The molecule has 6 nitrogen and oxygen atoms in total. The summed E-state index contributed by atoms with van der Waals surface area (Å²) < 4.78 is 0. The molecule has 0 radical (unpaired) electrons. The zero-order chi connectivity index (χ0) is 16.8. The average molecular weight is 330 g/mol. The Balaban J connectivity index is 1.62. The second-order valence-electron chi connectivity index (χ2n) is 7.65. The van der Waals surface area contributed by atoms with Crippen molar-refractivity contribution in [2.24, 2.45) is 5.92 Å². The van der Waals surface area contributed by atoms with Gasteiger partial charge in [0.05, 0.1) is 17.3 Å². The Bertz CT molecular complexity index is 707. The third kappa shape index (κ3) is 2.77. The molecule has 0 aromatic carbocycles. The second kappa shape index (κ2) is 5.99. The predicted octanol–water partition coefficient (Wildman–Crippen LogP) is 1.61. The van der Waals surface area contributed by atoms with E-state index < -0.39 is 0 Å². The van der Waals surface area contributed by atoms with E-state index in [0.717, 1.165) is 56.5 Å². The minimum Gasteiger partial charge on any atom is -0.332 e. The number of aromatic amines is 1. The normalized spacial score (nSPS) is 24.5. The van der Waals surface area contributed by atoms with Crippen LogP contribution in [0.5, 0.6) is 0 Å². The summed E-state index contributed by atoms with van der Waals surface area (Å²) in [6.45, 7) is 6.71. The van der Waals surface area contributed by atoms with Gasteiger partial charge in [-0.25, -0.2) is 4.98 Å². The Morgan fingerprint density at radius 2 is 2.04 bits per heavy atom. The van der Waals surface area contributed by atoms with Gasteiger partial charge < -0.3 is 9.88 Å². The highest BCUT2D eigenvalue weighted by atomic mass is 16.2. The summed E-state index contributed by atoms with van der Waals surface area (Å²) in [4.78, 5) is 37.1. The first kappa shape index (κ1) is 15.8. The van der Waals surface area contributed by atoms with Gasteiger partial charge in [0.1, 0.15) is 5.82 Å². The molecule has 0 bridgehead atoms. The lowest BCUT2D eigenvalue weighted by molar-refractivity contribution is -0.133. The van der Waals surface area contributed by atoms with Crippen LogP contribution >= 0.6 is 0 Å². The monoisotopic (exact) mass is 330 g/mol. The molecule has 0 unspecified atom stereocenters. The Morgan fingerprint density at radius 3 is 2.75 bits per heavy atom. The van der Waals surface area contributed by atoms with Crippen molar-refractivity contribution < 1.29 is 4.79 Å². The van der Waals surface area contributed by atoms with Gasteiger partial charge in [-0.05, 0) is 39.5 Å². The number of carbonyl (C=O) groups excluding carboxylic acids is 1. The van der Waals surface area contributed by atoms with E-state index in [0.29, 0.717) is 18.4 Å². The van der Waals surface area contributed by atoms with Crippen molar-refractivity contribution in [3.05, 3.63) is 27.4 Å². The topological polar surface area (TPSA) is 69.3 Å². The van der Waals surface area contributed by atoms with Crippen LogP contribution in [0.2, 0.25) is 0 Å². The molecule has 3 heterocycles. The van der Waals surface area contributed by atoms with Crippen molar-refractivity contribution >= 4 is 5.91 Å². The maximum absolute atomic E-state index is 12.6. The molecule has 1 aromatic heterocycles. The van der Waals surface area contributed by atoms with Crippen molar-refractivity contribution in [1.82, 2.24) is 19.8 Å². The zero-order valence-electron chi connectivity index (χ0n) is 14.5. The van der Waals surface area contributed by atoms with Crippen LogP contribution in [0, 0.1) is 5.92 Å². The van der Waals surface area contributed by atoms with E-state index in [9.17, 15) is 9.59 Å². The smallest absolute Gasteiger partial charge is 0.255 e. The number of likely N-dealkylation sites (tertiary alicyclic amines) is 1. The van der Waals surface area contributed by atoms with E-state index in [4.69, 9.17) is 4.98 Å². The van der Waals surface area contributed by atoms with Crippen molar-refractivity contribution in [3.63, 3.8) is 0 Å². The molecule has 1 atom stereocenters. The molecule has 130 valence electrons. The van der Waals surface area contributed by atoms with Crippen LogP contribution in [0.15, 0.2) is 4.79 Å². The van der Waals surface area contributed by atoms with E-state index in [-0.39, 0.29) is 23.4 Å². The number of nitrogens with zero attached hydrogens (tertiary/aromatic N) is 3. The summed E-state index contributed by atoms with van der Waals surface area (Å²) in [6.07, 6.45) is 4.74. The third-order valence-corrected chi connectivity index (χ3v) is 5.62. The molecule has 2 fully saturated rings. The van der Waals surface area contributed by atoms with Gasteiger partial charge in [0.15, 0.2) is 0 Å². The van der Waals surface area contributed by atoms with Gasteiger partial charge in [-0.2, -0.15) is 0 Å². The summed E-state index contributed by atoms with van der Waals surface area (Å²) in [5, 5.41) is 0. The molecule has 4 rings (SSSR count). The molecule has 24 heavy (non-hydrogen) atoms. The highest BCUT2D eigenvalue weighted by molar-refractivity contribution is 5.81. The fourth-order valence-corrected chi connectivity index (χ4v) is 3.94. The predicted molar refractivity (Wildman–Crippen MR) is 90.5 cm³/mol. The summed E-state index contributed by atoms with van der Waals surface area (Å²) >= 11 is 0. The van der Waals surface area contributed by atoms with Gasteiger partial charge in [0.2, 0.25) is 5.91 Å². The molecule has 3 aliphatic rings. The maximum atomic E-state index is 12.6. The average Bonchev–Trinajstić information content (AvgIpc) is 3.30. The van der Waals surface area contributed by atoms with Crippen LogP contribution in [0.3, 0.4) is 0 Å². The Labute approximate surface area is 142 Å². The molecule has 2 aliphatic heterocycles. The van der Waals surface area contributed by atoms with Gasteiger partial charge in [-0.15, -0.1) is 0 Å². The van der Waals surface area contributed by atoms with Gasteiger partial charge in [-0.1, -0.05) is 0 Å². The lowest BCUT2D eigenvalue weighted by Crippen LogP contribution is -2.40. The lowest BCUT2D eigenvalue weighted by atomic mass is 10.0. The molecule has 1 aliphatic carbocycles. The standard InChI is InChI=1S/C18H26N4O2/c1-11(2)21-9-7-14-13(10-21)17(23)20-16(19-14)15-4-3-8-22(15)18(24)12-5-6-12/h11-12,15H,3-10H2,1-2H3,(H,19,20,23)/t15-/m1/s1. The highest BCUT2D eigenvalue weighted by Crippen LogP contribution is 2.37. The Hall–Kier alpha value is -1.69. The lowest BCUT2D eigenvalue weighted by Gasteiger charge is -2.31. The van der Waals surface area contributed by atoms with Crippen molar-refractivity contribution in [2.75, 3.05) is 13.1 Å². The number of aromatic nitrogens is 2. The first-order valence-corrected chi connectivity index (χ1v) is 9.21. The summed E-state index contributed by atoms with van der Waals surface area (Å²) in [5.41, 5.74) is 1.71. The van der Waals surface area contributed by atoms with Crippen LogP contribution in [0.25, 0.3) is 0 Å². The molecule has 6 heteroatoms. The van der Waals surface area contributed by atoms with Crippen LogP contribution in [-0.4, -0.2) is 44.8 Å². The van der Waals surface area contributed by atoms with E-state index in [1.807, 2.05) is 4.90 Å². The molecule has 1 amide bonds. The van der Waals surface area contributed by atoms with Gasteiger partial charge >= 0.3 is 0 Å². The van der Waals surface area contributed by atoms with Crippen LogP contribution in [0.1, 0.15) is 62.7 Å². The van der Waals surface area contributed by atoms with Gasteiger partial charge in [-0.3, -0.25) is 14.5 Å².